The fraction of sp³-hybridized carbons (Fsp3) is 0.300. The average Bonchev–Trinajstić information content (AvgIpc) is 2.68. The lowest BCUT2D eigenvalue weighted by Gasteiger charge is -2.16. The number of methoxy groups -OCH3 is 1. The normalized spacial score (nSPS) is 11.8. The van der Waals surface area contributed by atoms with Crippen LogP contribution < -0.4 is 20.2 Å². The summed E-state index contributed by atoms with van der Waals surface area (Å²) in [5.41, 5.74) is 4.31. The fourth-order valence-corrected chi connectivity index (χ4v) is 2.31. The number of anilines is 1. The van der Waals surface area contributed by atoms with E-state index in [4.69, 9.17) is 9.47 Å². The molecule has 1 amide bonds. The molecule has 0 aromatic heterocycles. The minimum absolute atomic E-state index is 0.189. The van der Waals surface area contributed by atoms with Crippen LogP contribution in [0.3, 0.4) is 0 Å². The van der Waals surface area contributed by atoms with Gasteiger partial charge in [-0.2, -0.15) is 5.10 Å². The number of nitrogens with zero attached hydrogens (tertiary/aromatic N) is 1. The monoisotopic (exact) mass is 355 g/mol. The lowest BCUT2D eigenvalue weighted by molar-refractivity contribution is -0.121. The third kappa shape index (κ3) is 5.81. The van der Waals surface area contributed by atoms with Crippen LogP contribution in [0.2, 0.25) is 0 Å². The van der Waals surface area contributed by atoms with Crippen molar-refractivity contribution in [3.05, 3.63) is 54.1 Å². The van der Waals surface area contributed by atoms with E-state index < -0.39 is 0 Å². The molecule has 2 rings (SSSR count). The zero-order valence-electron chi connectivity index (χ0n) is 15.4. The van der Waals surface area contributed by atoms with E-state index in [1.807, 2.05) is 62.4 Å². The highest BCUT2D eigenvalue weighted by Gasteiger charge is 2.15. The smallest absolute Gasteiger partial charge is 0.262 e. The molecule has 26 heavy (non-hydrogen) atoms. The molecule has 0 radical (unpaired) electrons. The average molecular weight is 355 g/mol. The summed E-state index contributed by atoms with van der Waals surface area (Å²) in [5.74, 6) is 1.39. The number of carbonyl (C=O) groups is 1. The molecule has 1 unspecified atom stereocenters. The van der Waals surface area contributed by atoms with Crippen molar-refractivity contribution in [2.75, 3.05) is 19.0 Å². The molecule has 1 atom stereocenters. The lowest BCUT2D eigenvalue weighted by Crippen LogP contribution is -2.36. The van der Waals surface area contributed by atoms with Gasteiger partial charge in [0.25, 0.3) is 5.91 Å². The molecule has 0 aliphatic heterocycles. The predicted molar refractivity (Wildman–Crippen MR) is 104 cm³/mol. The summed E-state index contributed by atoms with van der Waals surface area (Å²) in [6.07, 6.45) is 2.24. The van der Waals surface area contributed by atoms with Crippen molar-refractivity contribution in [3.8, 4) is 11.5 Å². The summed E-state index contributed by atoms with van der Waals surface area (Å²) in [5, 5.41) is 7.22. The first-order valence-corrected chi connectivity index (χ1v) is 8.62. The minimum atomic E-state index is -0.374. The van der Waals surface area contributed by atoms with Crippen molar-refractivity contribution < 1.29 is 14.3 Å². The van der Waals surface area contributed by atoms with Gasteiger partial charge in [-0.1, -0.05) is 6.92 Å². The standard InChI is InChI=1S/C20H25N3O3/c1-4-19(22-16-8-12-17(25-3)13-9-16)20(24)23-21-14-15-6-10-18(11-7-15)26-5-2/h6-14,19,22H,4-5H2,1-3H3,(H,23,24)/b21-14+. The van der Waals surface area contributed by atoms with Crippen LogP contribution in [-0.2, 0) is 4.79 Å². The van der Waals surface area contributed by atoms with Gasteiger partial charge in [-0.15, -0.1) is 0 Å². The Labute approximate surface area is 154 Å². The van der Waals surface area contributed by atoms with Gasteiger partial charge in [0.1, 0.15) is 17.5 Å². The zero-order chi connectivity index (χ0) is 18.8. The summed E-state index contributed by atoms with van der Waals surface area (Å²) in [6.45, 7) is 4.51. The van der Waals surface area contributed by atoms with E-state index in [1.165, 1.54) is 0 Å². The second-order valence-electron chi connectivity index (χ2n) is 5.57. The molecule has 2 N–H and O–H groups in total. The van der Waals surface area contributed by atoms with E-state index in [0.29, 0.717) is 13.0 Å². The Morgan fingerprint density at radius 1 is 1.08 bits per heavy atom. The van der Waals surface area contributed by atoms with Crippen LogP contribution in [0.5, 0.6) is 11.5 Å². The van der Waals surface area contributed by atoms with Crippen LogP contribution in [-0.4, -0.2) is 31.9 Å². The molecule has 6 heteroatoms. The van der Waals surface area contributed by atoms with E-state index in [2.05, 4.69) is 15.8 Å². The first-order valence-electron chi connectivity index (χ1n) is 8.62. The van der Waals surface area contributed by atoms with Gasteiger partial charge >= 0.3 is 0 Å². The number of benzene rings is 2. The Morgan fingerprint density at radius 3 is 2.31 bits per heavy atom. The first kappa shape index (κ1) is 19.3. The number of ether oxygens (including phenoxy) is 2. The van der Waals surface area contributed by atoms with E-state index >= 15 is 0 Å². The summed E-state index contributed by atoms with van der Waals surface area (Å²) < 4.78 is 10.5. The van der Waals surface area contributed by atoms with E-state index in [9.17, 15) is 4.79 Å². The molecule has 0 spiro atoms. The Morgan fingerprint density at radius 2 is 1.73 bits per heavy atom. The van der Waals surface area contributed by atoms with Gasteiger partial charge in [0.2, 0.25) is 0 Å². The number of nitrogens with one attached hydrogen (secondary N) is 2. The molecular formula is C20H25N3O3. The highest BCUT2D eigenvalue weighted by atomic mass is 16.5. The first-order chi connectivity index (χ1) is 12.7. The highest BCUT2D eigenvalue weighted by Crippen LogP contribution is 2.16. The largest absolute Gasteiger partial charge is 0.497 e. The molecular weight excluding hydrogens is 330 g/mol. The minimum Gasteiger partial charge on any atom is -0.497 e. The van der Waals surface area contributed by atoms with Crippen LogP contribution in [0.4, 0.5) is 5.69 Å². The van der Waals surface area contributed by atoms with Crippen LogP contribution >= 0.6 is 0 Å². The number of carbonyl (C=O) groups excluding carboxylic acids is 1. The Hall–Kier alpha value is -3.02. The third-order valence-electron chi connectivity index (χ3n) is 3.74. The maximum absolute atomic E-state index is 12.3. The predicted octanol–water partition coefficient (Wildman–Crippen LogP) is 3.43. The lowest BCUT2D eigenvalue weighted by atomic mass is 10.2. The SMILES string of the molecule is CCOc1ccc(/C=N/NC(=O)C(CC)Nc2ccc(OC)cc2)cc1. The summed E-state index contributed by atoms with van der Waals surface area (Å²) >= 11 is 0. The van der Waals surface area contributed by atoms with Crippen LogP contribution in [0.1, 0.15) is 25.8 Å². The number of hydrogen-bond acceptors (Lipinski definition) is 5. The molecule has 0 heterocycles. The molecule has 6 nitrogen and oxygen atoms in total. The van der Waals surface area contributed by atoms with Gasteiger partial charge in [0, 0.05) is 5.69 Å². The van der Waals surface area contributed by atoms with Crippen molar-refractivity contribution in [1.29, 1.82) is 0 Å². The molecule has 0 bridgehead atoms. The van der Waals surface area contributed by atoms with Crippen molar-refractivity contribution >= 4 is 17.8 Å². The number of hydrogen-bond donors (Lipinski definition) is 2. The molecule has 2 aromatic rings. The summed E-state index contributed by atoms with van der Waals surface area (Å²) in [6, 6.07) is 14.6. The molecule has 0 saturated carbocycles. The quantitative estimate of drug-likeness (QED) is 0.534. The maximum Gasteiger partial charge on any atom is 0.262 e. The molecule has 138 valence electrons. The summed E-state index contributed by atoms with van der Waals surface area (Å²) in [4.78, 5) is 12.3. The van der Waals surface area contributed by atoms with Crippen LogP contribution in [0.15, 0.2) is 53.6 Å². The third-order valence-corrected chi connectivity index (χ3v) is 3.74. The zero-order valence-corrected chi connectivity index (χ0v) is 15.4. The van der Waals surface area contributed by atoms with Gasteiger partial charge in [-0.25, -0.2) is 5.43 Å². The number of rotatable bonds is 9. The van der Waals surface area contributed by atoms with Crippen molar-refractivity contribution in [2.24, 2.45) is 5.10 Å². The molecule has 0 fully saturated rings. The Kier molecular flexibility index (Phi) is 7.49. The van der Waals surface area contributed by atoms with Crippen molar-refractivity contribution in [1.82, 2.24) is 5.43 Å². The second kappa shape index (κ2) is 10.1. The number of amides is 1. The van der Waals surface area contributed by atoms with E-state index in [1.54, 1.807) is 13.3 Å². The summed E-state index contributed by atoms with van der Waals surface area (Å²) in [7, 11) is 1.62. The Balaban J connectivity index is 1.89. The van der Waals surface area contributed by atoms with Gasteiger partial charge in [0.05, 0.1) is 19.9 Å². The second-order valence-corrected chi connectivity index (χ2v) is 5.57. The molecule has 0 aliphatic carbocycles. The van der Waals surface area contributed by atoms with Crippen LogP contribution in [0, 0.1) is 0 Å². The van der Waals surface area contributed by atoms with Gasteiger partial charge < -0.3 is 14.8 Å². The van der Waals surface area contributed by atoms with E-state index in [0.717, 1.165) is 22.7 Å². The van der Waals surface area contributed by atoms with Crippen molar-refractivity contribution in [3.63, 3.8) is 0 Å². The molecule has 2 aromatic carbocycles. The van der Waals surface area contributed by atoms with Crippen molar-refractivity contribution in [2.45, 2.75) is 26.3 Å². The van der Waals surface area contributed by atoms with E-state index in [-0.39, 0.29) is 11.9 Å². The fourth-order valence-electron chi connectivity index (χ4n) is 2.31. The number of hydrazone groups is 1. The van der Waals surface area contributed by atoms with Crippen LogP contribution in [0.25, 0.3) is 0 Å². The molecule has 0 aliphatic rings. The highest BCUT2D eigenvalue weighted by molar-refractivity contribution is 5.86. The van der Waals surface area contributed by atoms with Gasteiger partial charge in [0.15, 0.2) is 0 Å². The van der Waals surface area contributed by atoms with Gasteiger partial charge in [-0.3, -0.25) is 4.79 Å². The topological polar surface area (TPSA) is 72.0 Å². The Bertz CT molecular complexity index is 712. The molecule has 0 saturated heterocycles. The van der Waals surface area contributed by atoms with Gasteiger partial charge in [-0.05, 0) is 67.4 Å². The maximum atomic E-state index is 12.3.